The maximum Gasteiger partial charge on any atom is 0.255 e. The third-order valence-corrected chi connectivity index (χ3v) is 6.64. The van der Waals surface area contributed by atoms with Gasteiger partial charge in [0.15, 0.2) is 0 Å². The van der Waals surface area contributed by atoms with Crippen molar-refractivity contribution in [2.75, 3.05) is 18.4 Å². The summed E-state index contributed by atoms with van der Waals surface area (Å²) in [5.74, 6) is -0.366. The maximum absolute atomic E-state index is 12.8. The van der Waals surface area contributed by atoms with Crippen LogP contribution in [0.5, 0.6) is 0 Å². The summed E-state index contributed by atoms with van der Waals surface area (Å²) in [5.41, 5.74) is 1.84. The van der Waals surface area contributed by atoms with Gasteiger partial charge in [0.1, 0.15) is 0 Å². The SMILES string of the molecule is CCN(CC)S(=O)(=O)c1cccc(C(=O)Nc2ccccc2Cn2cccn2)c1. The van der Waals surface area contributed by atoms with Crippen LogP contribution in [0.1, 0.15) is 29.8 Å². The average molecular weight is 413 g/mol. The minimum absolute atomic E-state index is 0.110. The molecule has 3 aromatic rings. The second kappa shape index (κ2) is 9.02. The van der Waals surface area contributed by atoms with Crippen molar-refractivity contribution in [3.05, 3.63) is 78.1 Å². The van der Waals surface area contributed by atoms with Crippen LogP contribution in [0.25, 0.3) is 0 Å². The van der Waals surface area contributed by atoms with Gasteiger partial charge in [-0.25, -0.2) is 8.42 Å². The molecule has 7 nitrogen and oxygen atoms in total. The zero-order chi connectivity index (χ0) is 20.9. The molecule has 0 unspecified atom stereocenters. The number of hydrogen-bond donors (Lipinski definition) is 1. The summed E-state index contributed by atoms with van der Waals surface area (Å²) in [6, 6.07) is 15.4. The molecule has 0 saturated heterocycles. The van der Waals surface area contributed by atoms with Gasteiger partial charge in [0.05, 0.1) is 11.4 Å². The summed E-state index contributed by atoms with van der Waals surface area (Å²) in [6.45, 7) is 4.83. The first-order chi connectivity index (χ1) is 14.0. The number of rotatable bonds is 8. The summed E-state index contributed by atoms with van der Waals surface area (Å²) < 4.78 is 28.6. The van der Waals surface area contributed by atoms with E-state index in [-0.39, 0.29) is 16.4 Å². The van der Waals surface area contributed by atoms with Crippen LogP contribution in [0.3, 0.4) is 0 Å². The number of carbonyl (C=O) groups is 1. The number of amides is 1. The molecule has 0 radical (unpaired) electrons. The summed E-state index contributed by atoms with van der Waals surface area (Å²) in [6.07, 6.45) is 3.54. The molecule has 1 heterocycles. The molecule has 2 aromatic carbocycles. The highest BCUT2D eigenvalue weighted by atomic mass is 32.2. The number of anilines is 1. The molecule has 29 heavy (non-hydrogen) atoms. The molecule has 0 bridgehead atoms. The second-order valence-electron chi connectivity index (χ2n) is 6.43. The van der Waals surface area contributed by atoms with Gasteiger partial charge in [-0.1, -0.05) is 38.1 Å². The highest BCUT2D eigenvalue weighted by Gasteiger charge is 2.22. The number of nitrogens with zero attached hydrogens (tertiary/aromatic N) is 3. The first-order valence-corrected chi connectivity index (χ1v) is 10.9. The Balaban J connectivity index is 1.84. The van der Waals surface area contributed by atoms with E-state index in [2.05, 4.69) is 10.4 Å². The predicted molar refractivity (Wildman–Crippen MR) is 112 cm³/mol. The molecule has 0 spiro atoms. The van der Waals surface area contributed by atoms with Gasteiger partial charge < -0.3 is 5.32 Å². The van der Waals surface area contributed by atoms with Crippen molar-refractivity contribution in [3.8, 4) is 0 Å². The summed E-state index contributed by atoms with van der Waals surface area (Å²) >= 11 is 0. The molecule has 8 heteroatoms. The summed E-state index contributed by atoms with van der Waals surface area (Å²) in [7, 11) is -3.63. The molecule has 3 rings (SSSR count). The van der Waals surface area contributed by atoms with Crippen molar-refractivity contribution in [2.45, 2.75) is 25.3 Å². The van der Waals surface area contributed by atoms with Crippen LogP contribution in [0.2, 0.25) is 0 Å². The number of hydrogen-bond acceptors (Lipinski definition) is 4. The lowest BCUT2D eigenvalue weighted by Gasteiger charge is -2.18. The van der Waals surface area contributed by atoms with E-state index in [9.17, 15) is 13.2 Å². The summed E-state index contributed by atoms with van der Waals surface area (Å²) in [5, 5.41) is 7.08. The van der Waals surface area contributed by atoms with Crippen LogP contribution >= 0.6 is 0 Å². The van der Waals surface area contributed by atoms with Crippen molar-refractivity contribution in [1.29, 1.82) is 0 Å². The van der Waals surface area contributed by atoms with Gasteiger partial charge in [-0.15, -0.1) is 0 Å². The fourth-order valence-corrected chi connectivity index (χ4v) is 4.56. The largest absolute Gasteiger partial charge is 0.322 e. The van der Waals surface area contributed by atoms with Gasteiger partial charge >= 0.3 is 0 Å². The molecule has 1 N–H and O–H groups in total. The quantitative estimate of drug-likeness (QED) is 0.616. The van der Waals surface area contributed by atoms with Gasteiger partial charge in [0, 0.05) is 36.7 Å². The average Bonchev–Trinajstić information content (AvgIpc) is 3.23. The number of carbonyl (C=O) groups excluding carboxylic acids is 1. The first-order valence-electron chi connectivity index (χ1n) is 9.42. The fraction of sp³-hybridized carbons (Fsp3) is 0.238. The first kappa shape index (κ1) is 20.8. The van der Waals surface area contributed by atoms with E-state index in [0.29, 0.717) is 25.3 Å². The molecule has 1 aromatic heterocycles. The van der Waals surface area contributed by atoms with Crippen LogP contribution in [-0.4, -0.2) is 41.5 Å². The third-order valence-electron chi connectivity index (χ3n) is 4.60. The van der Waals surface area contributed by atoms with Crippen molar-refractivity contribution >= 4 is 21.6 Å². The Morgan fingerprint density at radius 1 is 1.07 bits per heavy atom. The number of para-hydroxylation sites is 1. The van der Waals surface area contributed by atoms with Crippen molar-refractivity contribution in [1.82, 2.24) is 14.1 Å². The van der Waals surface area contributed by atoms with Gasteiger partial charge in [-0.2, -0.15) is 9.40 Å². The topological polar surface area (TPSA) is 84.3 Å². The smallest absolute Gasteiger partial charge is 0.255 e. The van der Waals surface area contributed by atoms with Gasteiger partial charge in [0.2, 0.25) is 10.0 Å². The second-order valence-corrected chi connectivity index (χ2v) is 8.37. The van der Waals surface area contributed by atoms with E-state index in [1.165, 1.54) is 16.4 Å². The zero-order valence-corrected chi connectivity index (χ0v) is 17.3. The monoisotopic (exact) mass is 412 g/mol. The molecule has 0 fully saturated rings. The number of nitrogens with one attached hydrogen (secondary N) is 1. The molecule has 0 aliphatic heterocycles. The Morgan fingerprint density at radius 2 is 1.83 bits per heavy atom. The third kappa shape index (κ3) is 4.72. The predicted octanol–water partition coefficient (Wildman–Crippen LogP) is 3.21. The van der Waals surface area contributed by atoms with E-state index in [1.54, 1.807) is 36.9 Å². The minimum atomic E-state index is -3.63. The van der Waals surface area contributed by atoms with Gasteiger partial charge in [-0.3, -0.25) is 9.48 Å². The molecule has 0 saturated carbocycles. The minimum Gasteiger partial charge on any atom is -0.322 e. The molecule has 0 aliphatic rings. The molecule has 0 aliphatic carbocycles. The lowest BCUT2D eigenvalue weighted by Crippen LogP contribution is -2.30. The Kier molecular flexibility index (Phi) is 6.46. The van der Waals surface area contributed by atoms with Gasteiger partial charge in [-0.05, 0) is 35.9 Å². The summed E-state index contributed by atoms with van der Waals surface area (Å²) in [4.78, 5) is 12.9. The number of benzene rings is 2. The van der Waals surface area contributed by atoms with Crippen molar-refractivity contribution < 1.29 is 13.2 Å². The lowest BCUT2D eigenvalue weighted by molar-refractivity contribution is 0.102. The standard InChI is InChI=1S/C21H24N4O3S/c1-3-25(4-2)29(27,28)19-11-7-10-17(15-19)21(26)23-20-12-6-5-9-18(20)16-24-14-8-13-22-24/h5-15H,3-4,16H2,1-2H3,(H,23,26). The van der Waals surface area contributed by atoms with Crippen LogP contribution < -0.4 is 5.32 Å². The van der Waals surface area contributed by atoms with Crippen LogP contribution in [-0.2, 0) is 16.6 Å². The van der Waals surface area contributed by atoms with E-state index >= 15 is 0 Å². The lowest BCUT2D eigenvalue weighted by atomic mass is 10.1. The van der Waals surface area contributed by atoms with E-state index in [1.807, 2.05) is 36.5 Å². The Hall–Kier alpha value is -2.97. The maximum atomic E-state index is 12.8. The van der Waals surface area contributed by atoms with E-state index in [0.717, 1.165) is 5.56 Å². The Bertz CT molecular complexity index is 1070. The van der Waals surface area contributed by atoms with Crippen LogP contribution in [0.4, 0.5) is 5.69 Å². The Labute approximate surface area is 171 Å². The van der Waals surface area contributed by atoms with Crippen molar-refractivity contribution in [3.63, 3.8) is 0 Å². The van der Waals surface area contributed by atoms with E-state index in [4.69, 9.17) is 0 Å². The highest BCUT2D eigenvalue weighted by molar-refractivity contribution is 7.89. The zero-order valence-electron chi connectivity index (χ0n) is 16.4. The van der Waals surface area contributed by atoms with Crippen LogP contribution in [0.15, 0.2) is 71.9 Å². The van der Waals surface area contributed by atoms with E-state index < -0.39 is 10.0 Å². The Morgan fingerprint density at radius 3 is 2.52 bits per heavy atom. The molecular formula is C21H24N4O3S. The van der Waals surface area contributed by atoms with Crippen LogP contribution in [0, 0.1) is 0 Å². The van der Waals surface area contributed by atoms with Gasteiger partial charge in [0.25, 0.3) is 5.91 Å². The molecule has 0 atom stereocenters. The van der Waals surface area contributed by atoms with Crippen molar-refractivity contribution in [2.24, 2.45) is 0 Å². The highest BCUT2D eigenvalue weighted by Crippen LogP contribution is 2.20. The normalized spacial score (nSPS) is 11.6. The number of sulfonamides is 1. The molecular weight excluding hydrogens is 388 g/mol. The fourth-order valence-electron chi connectivity index (χ4n) is 3.05. The molecule has 152 valence electrons. The number of aromatic nitrogens is 2. The molecule has 1 amide bonds.